The zero-order valence-electron chi connectivity index (χ0n) is 15.0. The summed E-state index contributed by atoms with van der Waals surface area (Å²) in [5, 5.41) is 2.38. The normalized spacial score (nSPS) is 14.6. The zero-order valence-corrected chi connectivity index (χ0v) is 15.0. The van der Waals surface area contributed by atoms with Crippen LogP contribution in [0.3, 0.4) is 0 Å². The van der Waals surface area contributed by atoms with E-state index in [1.165, 1.54) is 6.26 Å². The minimum Gasteiger partial charge on any atom is -0.497 e. The second-order valence-corrected chi connectivity index (χ2v) is 6.15. The highest BCUT2D eigenvalue weighted by atomic mass is 16.5. The summed E-state index contributed by atoms with van der Waals surface area (Å²) in [6.45, 7) is 2.20. The number of furan rings is 1. The highest BCUT2D eigenvalue weighted by molar-refractivity contribution is 6.05. The summed E-state index contributed by atoms with van der Waals surface area (Å²) in [4.78, 5) is 40.1. The quantitative estimate of drug-likeness (QED) is 0.843. The van der Waals surface area contributed by atoms with Gasteiger partial charge in [-0.05, 0) is 36.4 Å². The lowest BCUT2D eigenvalue weighted by Gasteiger charge is -2.33. The van der Waals surface area contributed by atoms with Gasteiger partial charge in [-0.15, -0.1) is 0 Å². The number of ether oxygens (including phenoxy) is 1. The van der Waals surface area contributed by atoms with Crippen molar-refractivity contribution >= 4 is 17.7 Å². The van der Waals surface area contributed by atoms with E-state index < -0.39 is 5.91 Å². The molecule has 8 nitrogen and oxygen atoms in total. The number of piperazine rings is 1. The molecule has 0 aliphatic carbocycles. The lowest BCUT2D eigenvalue weighted by atomic mass is 10.2. The Kier molecular flexibility index (Phi) is 5.87. The molecule has 1 saturated heterocycles. The van der Waals surface area contributed by atoms with E-state index in [1.807, 2.05) is 4.90 Å². The molecule has 2 heterocycles. The molecule has 1 N–H and O–H groups in total. The Labute approximate surface area is 156 Å². The standard InChI is InChI=1S/C19H21N3O5/c1-26-15-6-4-14(5-7-15)18(24)20-17(23)13-21-8-10-22(11-9-21)19(25)16-3-2-12-27-16/h2-7,12H,8-11,13H2,1H3,(H,20,23,24). The summed E-state index contributed by atoms with van der Waals surface area (Å²) < 4.78 is 10.2. The number of imide groups is 1. The van der Waals surface area contributed by atoms with Crippen molar-refractivity contribution in [2.24, 2.45) is 0 Å². The molecule has 1 aliphatic rings. The molecular weight excluding hydrogens is 350 g/mol. The largest absolute Gasteiger partial charge is 0.497 e. The summed E-state index contributed by atoms with van der Waals surface area (Å²) in [5.41, 5.74) is 0.387. The maximum atomic E-state index is 12.2. The van der Waals surface area contributed by atoms with Crippen molar-refractivity contribution in [3.05, 3.63) is 54.0 Å². The van der Waals surface area contributed by atoms with Gasteiger partial charge >= 0.3 is 0 Å². The second-order valence-electron chi connectivity index (χ2n) is 6.15. The van der Waals surface area contributed by atoms with E-state index in [0.29, 0.717) is 43.3 Å². The Morgan fingerprint density at radius 3 is 2.37 bits per heavy atom. The van der Waals surface area contributed by atoms with Gasteiger partial charge in [0.1, 0.15) is 5.75 Å². The SMILES string of the molecule is COc1ccc(C(=O)NC(=O)CN2CCN(C(=O)c3ccco3)CC2)cc1. The Bertz CT molecular complexity index is 793. The molecule has 0 radical (unpaired) electrons. The summed E-state index contributed by atoms with van der Waals surface area (Å²) in [7, 11) is 1.54. The fourth-order valence-corrected chi connectivity index (χ4v) is 2.85. The highest BCUT2D eigenvalue weighted by Gasteiger charge is 2.25. The van der Waals surface area contributed by atoms with Gasteiger partial charge in [-0.2, -0.15) is 0 Å². The van der Waals surface area contributed by atoms with Crippen LogP contribution < -0.4 is 10.1 Å². The molecule has 8 heteroatoms. The predicted molar refractivity (Wildman–Crippen MR) is 96.5 cm³/mol. The van der Waals surface area contributed by atoms with E-state index in [9.17, 15) is 14.4 Å². The number of amides is 3. The van der Waals surface area contributed by atoms with Crippen molar-refractivity contribution in [2.75, 3.05) is 39.8 Å². The number of carbonyl (C=O) groups is 3. The zero-order chi connectivity index (χ0) is 19.2. The fourth-order valence-electron chi connectivity index (χ4n) is 2.85. The molecular formula is C19H21N3O5. The number of carbonyl (C=O) groups excluding carboxylic acids is 3. The molecule has 0 unspecified atom stereocenters. The molecule has 142 valence electrons. The Balaban J connectivity index is 1.45. The molecule has 3 amide bonds. The number of nitrogens with one attached hydrogen (secondary N) is 1. The Morgan fingerprint density at radius 1 is 1.07 bits per heavy atom. The Hall–Kier alpha value is -3.13. The van der Waals surface area contributed by atoms with Gasteiger partial charge in [-0.25, -0.2) is 0 Å². The van der Waals surface area contributed by atoms with Crippen LogP contribution >= 0.6 is 0 Å². The molecule has 1 aliphatic heterocycles. The highest BCUT2D eigenvalue weighted by Crippen LogP contribution is 2.11. The first kappa shape index (κ1) is 18.7. The van der Waals surface area contributed by atoms with Crippen LogP contribution in [0.4, 0.5) is 0 Å². The van der Waals surface area contributed by atoms with Gasteiger partial charge in [-0.3, -0.25) is 24.6 Å². The van der Waals surface area contributed by atoms with E-state index in [2.05, 4.69) is 5.32 Å². The van der Waals surface area contributed by atoms with Crippen molar-refractivity contribution in [1.29, 1.82) is 0 Å². The second kappa shape index (κ2) is 8.50. The molecule has 0 bridgehead atoms. The van der Waals surface area contributed by atoms with Crippen molar-refractivity contribution in [3.63, 3.8) is 0 Å². The maximum absolute atomic E-state index is 12.2. The van der Waals surface area contributed by atoms with Crippen LogP contribution in [-0.4, -0.2) is 67.4 Å². The van der Waals surface area contributed by atoms with Crippen LogP contribution in [0.25, 0.3) is 0 Å². The number of methoxy groups -OCH3 is 1. The van der Waals surface area contributed by atoms with E-state index in [-0.39, 0.29) is 18.4 Å². The average Bonchev–Trinajstić information content (AvgIpc) is 3.23. The van der Waals surface area contributed by atoms with Gasteiger partial charge < -0.3 is 14.1 Å². The molecule has 1 fully saturated rings. The predicted octanol–water partition coefficient (Wildman–Crippen LogP) is 1.00. The first-order valence-electron chi connectivity index (χ1n) is 8.60. The average molecular weight is 371 g/mol. The monoisotopic (exact) mass is 371 g/mol. The van der Waals surface area contributed by atoms with Gasteiger partial charge in [0.2, 0.25) is 5.91 Å². The van der Waals surface area contributed by atoms with Crippen LogP contribution in [0, 0.1) is 0 Å². The van der Waals surface area contributed by atoms with Gasteiger partial charge in [0, 0.05) is 31.7 Å². The summed E-state index contributed by atoms with van der Waals surface area (Å²) in [6.07, 6.45) is 1.47. The third kappa shape index (κ3) is 4.73. The van der Waals surface area contributed by atoms with Crippen molar-refractivity contribution in [2.45, 2.75) is 0 Å². The molecule has 3 rings (SSSR count). The third-order valence-corrected chi connectivity index (χ3v) is 4.36. The van der Waals surface area contributed by atoms with E-state index >= 15 is 0 Å². The van der Waals surface area contributed by atoms with Crippen LogP contribution in [0.2, 0.25) is 0 Å². The molecule has 2 aromatic rings. The maximum Gasteiger partial charge on any atom is 0.289 e. The molecule has 1 aromatic heterocycles. The van der Waals surface area contributed by atoms with Gasteiger partial charge in [0.15, 0.2) is 5.76 Å². The lowest BCUT2D eigenvalue weighted by molar-refractivity contribution is -0.121. The molecule has 0 saturated carbocycles. The number of benzene rings is 1. The first-order chi connectivity index (χ1) is 13.1. The number of nitrogens with zero attached hydrogens (tertiary/aromatic N) is 2. The van der Waals surface area contributed by atoms with Crippen LogP contribution in [-0.2, 0) is 4.79 Å². The van der Waals surface area contributed by atoms with E-state index in [0.717, 1.165) is 0 Å². The molecule has 0 atom stereocenters. The lowest BCUT2D eigenvalue weighted by Crippen LogP contribution is -2.51. The van der Waals surface area contributed by atoms with E-state index in [4.69, 9.17) is 9.15 Å². The van der Waals surface area contributed by atoms with Crippen molar-refractivity contribution in [1.82, 2.24) is 15.1 Å². The first-order valence-corrected chi connectivity index (χ1v) is 8.60. The molecule has 27 heavy (non-hydrogen) atoms. The number of hydrogen-bond donors (Lipinski definition) is 1. The van der Waals surface area contributed by atoms with Crippen molar-refractivity contribution < 1.29 is 23.5 Å². The number of hydrogen-bond acceptors (Lipinski definition) is 6. The molecule has 0 spiro atoms. The summed E-state index contributed by atoms with van der Waals surface area (Å²) in [6, 6.07) is 9.82. The Morgan fingerprint density at radius 2 is 1.78 bits per heavy atom. The van der Waals surface area contributed by atoms with Crippen molar-refractivity contribution in [3.8, 4) is 5.75 Å². The number of rotatable bonds is 5. The van der Waals surface area contributed by atoms with Gasteiger partial charge in [0.05, 0.1) is 19.9 Å². The van der Waals surface area contributed by atoms with Crippen LogP contribution in [0.15, 0.2) is 47.1 Å². The van der Waals surface area contributed by atoms with Gasteiger partial charge in [0.25, 0.3) is 11.8 Å². The summed E-state index contributed by atoms with van der Waals surface area (Å²) in [5.74, 6) is -0.0270. The third-order valence-electron chi connectivity index (χ3n) is 4.36. The molecule has 1 aromatic carbocycles. The van der Waals surface area contributed by atoms with Crippen LogP contribution in [0.5, 0.6) is 5.75 Å². The fraction of sp³-hybridized carbons (Fsp3) is 0.316. The van der Waals surface area contributed by atoms with Crippen LogP contribution in [0.1, 0.15) is 20.9 Å². The topological polar surface area (TPSA) is 92.1 Å². The minimum absolute atomic E-state index is 0.102. The minimum atomic E-state index is -0.450. The van der Waals surface area contributed by atoms with Gasteiger partial charge in [-0.1, -0.05) is 0 Å². The smallest absolute Gasteiger partial charge is 0.289 e. The summed E-state index contributed by atoms with van der Waals surface area (Å²) >= 11 is 0. The van der Waals surface area contributed by atoms with E-state index in [1.54, 1.807) is 48.4 Å².